The Kier molecular flexibility index (Phi) is 4.22. The van der Waals surface area contributed by atoms with E-state index < -0.39 is 0 Å². The van der Waals surface area contributed by atoms with Crippen LogP contribution in [0, 0.1) is 0 Å². The smallest absolute Gasteiger partial charge is 0.0892 e. The average Bonchev–Trinajstić information content (AvgIpc) is 3.16. The van der Waals surface area contributed by atoms with Gasteiger partial charge in [-0.3, -0.25) is 9.88 Å². The third-order valence-electron chi connectivity index (χ3n) is 4.38. The van der Waals surface area contributed by atoms with Crippen molar-refractivity contribution >= 4 is 23.1 Å². The van der Waals surface area contributed by atoms with E-state index in [0.29, 0.717) is 17.5 Å². The van der Waals surface area contributed by atoms with Crippen molar-refractivity contribution in [2.45, 2.75) is 30.4 Å². The summed E-state index contributed by atoms with van der Waals surface area (Å²) in [6.07, 6.45) is 3.40. The van der Waals surface area contributed by atoms with E-state index in [1.54, 1.807) is 11.3 Å². The number of rotatable bonds is 5. The summed E-state index contributed by atoms with van der Waals surface area (Å²) in [5, 5.41) is 4.42. The molecule has 0 amide bonds. The monoisotopic (exact) mass is 332 g/mol. The molecule has 4 rings (SSSR count). The molecule has 0 unspecified atom stereocenters. The van der Waals surface area contributed by atoms with E-state index >= 15 is 0 Å². The van der Waals surface area contributed by atoms with Crippen LogP contribution in [0.1, 0.15) is 17.7 Å². The van der Waals surface area contributed by atoms with Crippen LogP contribution < -0.4 is 0 Å². The first-order chi connectivity index (χ1) is 10.8. The van der Waals surface area contributed by atoms with Crippen molar-refractivity contribution in [1.29, 1.82) is 0 Å². The highest BCUT2D eigenvalue weighted by Gasteiger charge is 2.49. The molecule has 1 atom stereocenters. The summed E-state index contributed by atoms with van der Waals surface area (Å²) in [4.78, 5) is 6.88. The van der Waals surface area contributed by atoms with Crippen LogP contribution in [0.3, 0.4) is 0 Å². The first kappa shape index (κ1) is 14.7. The quantitative estimate of drug-likeness (QED) is 0.838. The minimum atomic E-state index is 0.385. The molecule has 5 heteroatoms. The molecule has 4 heterocycles. The topological polar surface area (TPSA) is 25.4 Å². The molecule has 0 radical (unpaired) electrons. The van der Waals surface area contributed by atoms with Gasteiger partial charge in [0.25, 0.3) is 0 Å². The summed E-state index contributed by atoms with van der Waals surface area (Å²) in [5.74, 6) is 1.12. The highest BCUT2D eigenvalue weighted by atomic mass is 32.2. The molecular weight excluding hydrogens is 312 g/mol. The van der Waals surface area contributed by atoms with Gasteiger partial charge in [0, 0.05) is 36.3 Å². The Labute approximate surface area is 139 Å². The Hall–Kier alpha value is -0.880. The summed E-state index contributed by atoms with van der Waals surface area (Å²) < 4.78 is 6.51. The second-order valence-electron chi connectivity index (χ2n) is 6.23. The second kappa shape index (κ2) is 6.32. The maximum absolute atomic E-state index is 6.06. The summed E-state index contributed by atoms with van der Waals surface area (Å²) in [5.41, 5.74) is 2.48. The lowest BCUT2D eigenvalue weighted by atomic mass is 9.92. The van der Waals surface area contributed by atoms with E-state index in [1.807, 2.05) is 24.4 Å². The van der Waals surface area contributed by atoms with Crippen LogP contribution in [0.2, 0.25) is 0 Å². The van der Waals surface area contributed by atoms with Crippen molar-refractivity contribution in [3.8, 4) is 0 Å². The van der Waals surface area contributed by atoms with E-state index in [2.05, 4.69) is 38.5 Å². The van der Waals surface area contributed by atoms with Gasteiger partial charge in [0.2, 0.25) is 0 Å². The Morgan fingerprint density at radius 2 is 2.27 bits per heavy atom. The maximum atomic E-state index is 6.06. The summed E-state index contributed by atoms with van der Waals surface area (Å²) in [6, 6.07) is 8.23. The molecule has 1 spiro atoms. The number of thioether (sulfide) groups is 1. The van der Waals surface area contributed by atoms with Crippen molar-refractivity contribution in [2.75, 3.05) is 18.8 Å². The number of nitrogens with zero attached hydrogens (tertiary/aromatic N) is 2. The first-order valence-electron chi connectivity index (χ1n) is 7.70. The minimum absolute atomic E-state index is 0.385. The zero-order chi connectivity index (χ0) is 14.8. The van der Waals surface area contributed by atoms with Crippen molar-refractivity contribution in [3.05, 3.63) is 52.5 Å². The molecule has 22 heavy (non-hydrogen) atoms. The average molecular weight is 332 g/mol. The molecule has 116 valence electrons. The SMILES string of the molecule is c1ccc(CO[C@@H]2CSC3(C2)CN(Cc2ccsc2)C3)nc1. The lowest BCUT2D eigenvalue weighted by molar-refractivity contribution is 0.0251. The summed E-state index contributed by atoms with van der Waals surface area (Å²) in [7, 11) is 0. The van der Waals surface area contributed by atoms with Gasteiger partial charge in [0.05, 0.1) is 18.4 Å². The number of ether oxygens (including phenoxy) is 1. The molecule has 0 bridgehead atoms. The van der Waals surface area contributed by atoms with Crippen LogP contribution in [0.4, 0.5) is 0 Å². The molecule has 0 aliphatic carbocycles. The van der Waals surface area contributed by atoms with E-state index in [1.165, 1.54) is 25.1 Å². The molecule has 3 nitrogen and oxygen atoms in total. The maximum Gasteiger partial charge on any atom is 0.0892 e. The van der Waals surface area contributed by atoms with Gasteiger partial charge in [-0.15, -0.1) is 11.8 Å². The fraction of sp³-hybridized carbons (Fsp3) is 0.471. The van der Waals surface area contributed by atoms with Crippen LogP contribution >= 0.6 is 23.1 Å². The highest BCUT2D eigenvalue weighted by molar-refractivity contribution is 8.01. The Balaban J connectivity index is 1.23. The fourth-order valence-corrected chi connectivity index (χ4v) is 5.60. The Morgan fingerprint density at radius 1 is 1.32 bits per heavy atom. The number of thiophene rings is 1. The van der Waals surface area contributed by atoms with Crippen molar-refractivity contribution in [3.63, 3.8) is 0 Å². The number of pyridine rings is 1. The van der Waals surface area contributed by atoms with Gasteiger partial charge in [-0.1, -0.05) is 6.07 Å². The van der Waals surface area contributed by atoms with Gasteiger partial charge in [0.15, 0.2) is 0 Å². The van der Waals surface area contributed by atoms with Gasteiger partial charge in [0.1, 0.15) is 0 Å². The fourth-order valence-electron chi connectivity index (χ4n) is 3.34. The van der Waals surface area contributed by atoms with Crippen LogP contribution in [0.15, 0.2) is 41.2 Å². The van der Waals surface area contributed by atoms with E-state index in [9.17, 15) is 0 Å². The van der Waals surface area contributed by atoms with Gasteiger partial charge in [-0.05, 0) is 40.9 Å². The number of aromatic nitrogens is 1. The van der Waals surface area contributed by atoms with E-state index in [4.69, 9.17) is 4.74 Å². The minimum Gasteiger partial charge on any atom is -0.371 e. The molecule has 2 aromatic heterocycles. The third kappa shape index (κ3) is 3.23. The zero-order valence-corrected chi connectivity index (χ0v) is 14.1. The molecule has 2 fully saturated rings. The van der Waals surface area contributed by atoms with Crippen LogP contribution in [-0.4, -0.2) is 39.6 Å². The van der Waals surface area contributed by atoms with Crippen LogP contribution in [-0.2, 0) is 17.9 Å². The van der Waals surface area contributed by atoms with Crippen molar-refractivity contribution < 1.29 is 4.74 Å². The Morgan fingerprint density at radius 3 is 3.05 bits per heavy atom. The molecule has 0 saturated carbocycles. The second-order valence-corrected chi connectivity index (χ2v) is 8.50. The number of hydrogen-bond acceptors (Lipinski definition) is 5. The molecule has 0 N–H and O–H groups in total. The molecule has 0 aromatic carbocycles. The van der Waals surface area contributed by atoms with E-state index in [0.717, 1.165) is 18.0 Å². The molecule has 2 aliphatic rings. The predicted molar refractivity (Wildman–Crippen MR) is 92.2 cm³/mol. The predicted octanol–water partition coefficient (Wildman–Crippen LogP) is 3.42. The first-order valence-corrected chi connectivity index (χ1v) is 9.63. The van der Waals surface area contributed by atoms with Gasteiger partial charge in [-0.25, -0.2) is 0 Å². The number of likely N-dealkylation sites (tertiary alicyclic amines) is 1. The van der Waals surface area contributed by atoms with Gasteiger partial charge in [-0.2, -0.15) is 11.3 Å². The van der Waals surface area contributed by atoms with Crippen molar-refractivity contribution in [2.24, 2.45) is 0 Å². The molecular formula is C17H20N2OS2. The summed E-state index contributed by atoms with van der Waals surface area (Å²) >= 11 is 3.89. The standard InChI is InChI=1S/C17H20N2OS2/c1-2-5-18-15(3-1)9-20-16-7-17(22-11-16)12-19(13-17)8-14-4-6-21-10-14/h1-6,10,16H,7-9,11-13H2/t16-/m0/s1. The summed E-state index contributed by atoms with van der Waals surface area (Å²) in [6.45, 7) is 4.15. The lowest BCUT2D eigenvalue weighted by Gasteiger charge is -2.47. The molecule has 2 saturated heterocycles. The number of hydrogen-bond donors (Lipinski definition) is 0. The van der Waals surface area contributed by atoms with Gasteiger partial charge < -0.3 is 4.74 Å². The normalized spacial score (nSPS) is 23.7. The van der Waals surface area contributed by atoms with Crippen LogP contribution in [0.25, 0.3) is 0 Å². The zero-order valence-electron chi connectivity index (χ0n) is 12.5. The Bertz CT molecular complexity index is 596. The third-order valence-corrected chi connectivity index (χ3v) is 6.69. The van der Waals surface area contributed by atoms with Gasteiger partial charge >= 0.3 is 0 Å². The van der Waals surface area contributed by atoms with Crippen molar-refractivity contribution in [1.82, 2.24) is 9.88 Å². The van der Waals surface area contributed by atoms with E-state index in [-0.39, 0.29) is 0 Å². The largest absolute Gasteiger partial charge is 0.371 e. The van der Waals surface area contributed by atoms with Crippen LogP contribution in [0.5, 0.6) is 0 Å². The lowest BCUT2D eigenvalue weighted by Crippen LogP contribution is -2.58. The molecule has 2 aliphatic heterocycles. The molecule has 2 aromatic rings. The highest BCUT2D eigenvalue weighted by Crippen LogP contribution is 2.46.